The monoisotopic (exact) mass is 245 g/mol. The van der Waals surface area contributed by atoms with Crippen molar-refractivity contribution in [2.75, 3.05) is 6.54 Å². The molecule has 2 rings (SSSR count). The van der Waals surface area contributed by atoms with Gasteiger partial charge in [0.15, 0.2) is 0 Å². The van der Waals surface area contributed by atoms with Crippen molar-refractivity contribution in [3.05, 3.63) is 23.0 Å². The maximum Gasteiger partial charge on any atom is 0.120 e. The summed E-state index contributed by atoms with van der Waals surface area (Å²) in [6.07, 6.45) is 5.44. The predicted octanol–water partition coefficient (Wildman–Crippen LogP) is 2.88. The van der Waals surface area contributed by atoms with Crippen LogP contribution in [0.5, 0.6) is 0 Å². The lowest BCUT2D eigenvalue weighted by Crippen LogP contribution is -2.29. The molecule has 1 aromatic heterocycles. The van der Waals surface area contributed by atoms with Crippen LogP contribution in [-0.2, 0) is 13.6 Å². The maximum atomic E-state index is 9.00. The molecule has 0 aromatic carbocycles. The molecule has 1 heterocycles. The second-order valence-electron chi connectivity index (χ2n) is 5.93. The summed E-state index contributed by atoms with van der Waals surface area (Å²) >= 11 is 0. The lowest BCUT2D eigenvalue weighted by Gasteiger charge is -2.23. The van der Waals surface area contributed by atoms with Crippen LogP contribution >= 0.6 is 0 Å². The van der Waals surface area contributed by atoms with Crippen LogP contribution in [-0.4, -0.2) is 11.1 Å². The smallest absolute Gasteiger partial charge is 0.120 e. The van der Waals surface area contributed by atoms with E-state index in [-0.39, 0.29) is 0 Å². The summed E-state index contributed by atoms with van der Waals surface area (Å²) in [6.45, 7) is 6.42. The van der Waals surface area contributed by atoms with Gasteiger partial charge in [0.1, 0.15) is 11.8 Å². The van der Waals surface area contributed by atoms with Crippen LogP contribution in [0, 0.1) is 23.7 Å². The van der Waals surface area contributed by atoms with Gasteiger partial charge in [-0.05, 0) is 36.8 Å². The van der Waals surface area contributed by atoms with E-state index >= 15 is 0 Å². The van der Waals surface area contributed by atoms with Gasteiger partial charge in [-0.25, -0.2) is 0 Å². The van der Waals surface area contributed by atoms with Crippen molar-refractivity contribution in [3.8, 4) is 6.07 Å². The number of rotatable bonds is 4. The molecule has 0 radical (unpaired) electrons. The van der Waals surface area contributed by atoms with E-state index < -0.39 is 0 Å². The van der Waals surface area contributed by atoms with Crippen LogP contribution in [0.15, 0.2) is 6.07 Å². The molecule has 0 amide bonds. The average molecular weight is 245 g/mol. The van der Waals surface area contributed by atoms with Gasteiger partial charge in [-0.1, -0.05) is 19.8 Å². The molecule has 1 N–H and O–H groups in total. The summed E-state index contributed by atoms with van der Waals surface area (Å²) in [5, 5.41) is 12.6. The average Bonchev–Trinajstić information content (AvgIpc) is 2.89. The topological polar surface area (TPSA) is 40.8 Å². The van der Waals surface area contributed by atoms with Gasteiger partial charge in [0.05, 0.1) is 0 Å². The zero-order chi connectivity index (χ0) is 13.2. The Morgan fingerprint density at radius 2 is 2.11 bits per heavy atom. The third-order valence-electron chi connectivity index (χ3n) is 4.43. The second kappa shape index (κ2) is 5.16. The fourth-order valence-electron chi connectivity index (χ4n) is 2.95. The molecule has 0 spiro atoms. The Balaban J connectivity index is 1.93. The van der Waals surface area contributed by atoms with Crippen LogP contribution in [0.25, 0.3) is 0 Å². The molecule has 0 saturated heterocycles. The van der Waals surface area contributed by atoms with Crippen LogP contribution in [0.4, 0.5) is 0 Å². The molecule has 1 aromatic rings. The zero-order valence-electron chi connectivity index (χ0n) is 11.7. The van der Waals surface area contributed by atoms with Gasteiger partial charge in [0.2, 0.25) is 0 Å². The molecule has 1 fully saturated rings. The van der Waals surface area contributed by atoms with Gasteiger partial charge in [-0.2, -0.15) is 5.26 Å². The second-order valence-corrected chi connectivity index (χ2v) is 5.93. The number of nitrogens with one attached hydrogen (secondary N) is 1. The summed E-state index contributed by atoms with van der Waals surface area (Å²) < 4.78 is 1.97. The molecule has 0 bridgehead atoms. The van der Waals surface area contributed by atoms with Crippen LogP contribution in [0.2, 0.25) is 0 Å². The van der Waals surface area contributed by atoms with E-state index in [1.54, 1.807) is 0 Å². The number of nitrogens with zero attached hydrogens (tertiary/aromatic N) is 2. The van der Waals surface area contributed by atoms with Crippen molar-refractivity contribution < 1.29 is 0 Å². The molecule has 98 valence electrons. The fourth-order valence-corrected chi connectivity index (χ4v) is 2.95. The zero-order valence-corrected chi connectivity index (χ0v) is 11.7. The number of nitriles is 1. The summed E-state index contributed by atoms with van der Waals surface area (Å²) in [5.41, 5.74) is 3.67. The minimum absolute atomic E-state index is 0.487. The lowest BCUT2D eigenvalue weighted by atomic mass is 9.89. The van der Waals surface area contributed by atoms with E-state index in [0.29, 0.717) is 5.41 Å². The maximum absolute atomic E-state index is 9.00. The van der Waals surface area contributed by atoms with E-state index in [9.17, 15) is 0 Å². The molecule has 1 saturated carbocycles. The molecule has 0 aliphatic heterocycles. The SMILES string of the molecule is Cc1c(CNCC2(C)CCCC2)cc(C#N)n1C. The van der Waals surface area contributed by atoms with E-state index in [2.05, 4.69) is 25.2 Å². The third-order valence-corrected chi connectivity index (χ3v) is 4.43. The normalized spacial score (nSPS) is 17.9. The molecule has 18 heavy (non-hydrogen) atoms. The largest absolute Gasteiger partial charge is 0.340 e. The van der Waals surface area contributed by atoms with Crippen LogP contribution < -0.4 is 5.32 Å². The van der Waals surface area contributed by atoms with E-state index in [4.69, 9.17) is 5.26 Å². The van der Waals surface area contributed by atoms with Gasteiger partial charge in [-0.15, -0.1) is 0 Å². The first-order valence-corrected chi connectivity index (χ1v) is 6.82. The fraction of sp³-hybridized carbons (Fsp3) is 0.667. The van der Waals surface area contributed by atoms with Crippen molar-refractivity contribution in [3.63, 3.8) is 0 Å². The van der Waals surface area contributed by atoms with Gasteiger partial charge < -0.3 is 9.88 Å². The minimum atomic E-state index is 0.487. The van der Waals surface area contributed by atoms with Crippen molar-refractivity contribution >= 4 is 0 Å². The highest BCUT2D eigenvalue weighted by Crippen LogP contribution is 2.36. The first kappa shape index (κ1) is 13.2. The summed E-state index contributed by atoms with van der Waals surface area (Å²) in [7, 11) is 1.95. The Hall–Kier alpha value is -1.27. The number of aromatic nitrogens is 1. The molecule has 1 aliphatic carbocycles. The highest BCUT2D eigenvalue weighted by Gasteiger charge is 2.27. The van der Waals surface area contributed by atoms with Gasteiger partial charge in [-0.3, -0.25) is 0 Å². The number of hydrogen-bond donors (Lipinski definition) is 1. The lowest BCUT2D eigenvalue weighted by molar-refractivity contribution is 0.314. The van der Waals surface area contributed by atoms with E-state index in [0.717, 1.165) is 18.8 Å². The van der Waals surface area contributed by atoms with Crippen molar-refractivity contribution in [2.24, 2.45) is 12.5 Å². The van der Waals surface area contributed by atoms with Crippen molar-refractivity contribution in [2.45, 2.75) is 46.1 Å². The van der Waals surface area contributed by atoms with Crippen molar-refractivity contribution in [1.82, 2.24) is 9.88 Å². The Morgan fingerprint density at radius 3 is 2.67 bits per heavy atom. The summed E-state index contributed by atoms with van der Waals surface area (Å²) in [4.78, 5) is 0. The first-order valence-electron chi connectivity index (χ1n) is 6.82. The molecular formula is C15H23N3. The first-order chi connectivity index (χ1) is 8.56. The van der Waals surface area contributed by atoms with Crippen molar-refractivity contribution in [1.29, 1.82) is 5.26 Å². The van der Waals surface area contributed by atoms with Gasteiger partial charge >= 0.3 is 0 Å². The van der Waals surface area contributed by atoms with Gasteiger partial charge in [0.25, 0.3) is 0 Å². The summed E-state index contributed by atoms with van der Waals surface area (Å²) in [5.74, 6) is 0. The highest BCUT2D eigenvalue weighted by molar-refractivity contribution is 5.34. The molecule has 0 atom stereocenters. The highest BCUT2D eigenvalue weighted by atomic mass is 15.0. The number of hydrogen-bond acceptors (Lipinski definition) is 2. The molecule has 1 aliphatic rings. The molecule has 3 nitrogen and oxygen atoms in total. The molecule has 3 heteroatoms. The van der Waals surface area contributed by atoms with E-state index in [1.165, 1.54) is 36.9 Å². The Morgan fingerprint density at radius 1 is 1.44 bits per heavy atom. The standard InChI is InChI=1S/C15H23N3/c1-12-13(8-14(9-16)18(12)3)10-17-11-15(2)6-4-5-7-15/h8,17H,4-7,10-11H2,1-3H3. The predicted molar refractivity (Wildman–Crippen MR) is 73.1 cm³/mol. The minimum Gasteiger partial charge on any atom is -0.340 e. The molecular weight excluding hydrogens is 222 g/mol. The van der Waals surface area contributed by atoms with Gasteiger partial charge in [0, 0.05) is 25.8 Å². The van der Waals surface area contributed by atoms with E-state index in [1.807, 2.05) is 17.7 Å². The Labute approximate surface area is 110 Å². The Bertz CT molecular complexity index is 459. The van der Waals surface area contributed by atoms with Crippen LogP contribution in [0.3, 0.4) is 0 Å². The third kappa shape index (κ3) is 2.59. The van der Waals surface area contributed by atoms with Crippen LogP contribution in [0.1, 0.15) is 49.6 Å². The summed E-state index contributed by atoms with van der Waals surface area (Å²) in [6, 6.07) is 4.23. The Kier molecular flexibility index (Phi) is 3.77. The molecule has 0 unspecified atom stereocenters. The quantitative estimate of drug-likeness (QED) is 0.886.